The van der Waals surface area contributed by atoms with Crippen LogP contribution in [0, 0.1) is 0 Å². The molecule has 0 radical (unpaired) electrons. The molecule has 6 heteroatoms. The van der Waals surface area contributed by atoms with Crippen molar-refractivity contribution in [2.24, 2.45) is 5.73 Å². The third-order valence-electron chi connectivity index (χ3n) is 2.29. The topological polar surface area (TPSA) is 65.7 Å². The second-order valence-electron chi connectivity index (χ2n) is 3.12. The van der Waals surface area contributed by atoms with Crippen LogP contribution in [-0.2, 0) is 13.3 Å². The van der Waals surface area contributed by atoms with Crippen molar-refractivity contribution in [3.8, 4) is 0 Å². The van der Waals surface area contributed by atoms with Crippen LogP contribution in [0.4, 0.5) is 0 Å². The average Bonchev–Trinajstić information content (AvgIpc) is 2.21. The van der Waals surface area contributed by atoms with Gasteiger partial charge >= 0.3 is 8.80 Å². The molecule has 0 fully saturated rings. The molecule has 3 N–H and O–H groups in total. The highest BCUT2D eigenvalue weighted by Gasteiger charge is 2.45. The number of hydrogen-bond acceptors (Lipinski definition) is 5. The second-order valence-corrected chi connectivity index (χ2v) is 6.42. The summed E-state index contributed by atoms with van der Waals surface area (Å²) in [6.07, 6.45) is 0.795. The zero-order valence-electron chi connectivity index (χ0n) is 9.66. The highest BCUT2D eigenvalue weighted by Crippen LogP contribution is 2.11. The molecule has 0 aliphatic rings. The van der Waals surface area contributed by atoms with Gasteiger partial charge in [0.1, 0.15) is 0 Å². The van der Waals surface area contributed by atoms with Crippen LogP contribution in [0.2, 0.25) is 0 Å². The van der Waals surface area contributed by atoms with Crippen molar-refractivity contribution in [2.45, 2.75) is 32.1 Å². The fraction of sp³-hybridized carbons (Fsp3) is 1.00. The number of hydrogen-bond donors (Lipinski definition) is 2. The van der Waals surface area contributed by atoms with Crippen molar-refractivity contribution in [3.63, 3.8) is 0 Å². The monoisotopic (exact) mass is 222 g/mol. The molecule has 0 aromatic rings. The first-order chi connectivity index (χ1) is 6.56. The molecule has 0 aliphatic heterocycles. The van der Waals surface area contributed by atoms with Gasteiger partial charge in [-0.05, 0) is 13.3 Å². The van der Waals surface area contributed by atoms with Gasteiger partial charge in [0.15, 0.2) is 0 Å². The van der Waals surface area contributed by atoms with E-state index in [4.69, 9.17) is 19.0 Å². The Morgan fingerprint density at radius 2 is 1.64 bits per heavy atom. The summed E-state index contributed by atoms with van der Waals surface area (Å²) in [6.45, 7) is 3.97. The fourth-order valence-electron chi connectivity index (χ4n) is 1.32. The Balaban J connectivity index is 4.35. The molecule has 0 aromatic carbocycles. The van der Waals surface area contributed by atoms with Gasteiger partial charge in [0, 0.05) is 21.3 Å². The van der Waals surface area contributed by atoms with E-state index in [0.29, 0.717) is 0 Å². The van der Waals surface area contributed by atoms with Gasteiger partial charge in [-0.3, -0.25) is 5.32 Å². The normalized spacial score (nSPS) is 16.7. The summed E-state index contributed by atoms with van der Waals surface area (Å²) >= 11 is 0. The molecule has 86 valence electrons. The SMILES string of the molecule is CCC(N)NC(C)[Si](OC)(OC)OC. The van der Waals surface area contributed by atoms with Gasteiger partial charge in [-0.15, -0.1) is 0 Å². The van der Waals surface area contributed by atoms with E-state index in [1.54, 1.807) is 21.3 Å². The molecule has 0 saturated heterocycles. The van der Waals surface area contributed by atoms with E-state index < -0.39 is 8.80 Å². The molecular weight excluding hydrogens is 200 g/mol. The maximum atomic E-state index is 5.78. The lowest BCUT2D eigenvalue weighted by atomic mass is 10.4. The lowest BCUT2D eigenvalue weighted by molar-refractivity contribution is 0.107. The molecule has 0 aliphatic carbocycles. The Bertz CT molecular complexity index is 147. The van der Waals surface area contributed by atoms with E-state index in [-0.39, 0.29) is 11.8 Å². The predicted octanol–water partition coefficient (Wildman–Crippen LogP) is 0.0766. The van der Waals surface area contributed by atoms with Crippen LogP contribution in [0.25, 0.3) is 0 Å². The Hall–Kier alpha value is 0.0169. The molecule has 0 aromatic heterocycles. The minimum absolute atomic E-state index is 0.0163. The molecule has 14 heavy (non-hydrogen) atoms. The van der Waals surface area contributed by atoms with Gasteiger partial charge in [-0.1, -0.05) is 6.92 Å². The summed E-state index contributed by atoms with van der Waals surface area (Å²) < 4.78 is 16.0. The molecular formula is C8H22N2O3Si. The summed E-state index contributed by atoms with van der Waals surface area (Å²) in [7, 11) is 2.19. The summed E-state index contributed by atoms with van der Waals surface area (Å²) in [5.41, 5.74) is 5.76. The molecule has 2 unspecified atom stereocenters. The van der Waals surface area contributed by atoms with E-state index in [9.17, 15) is 0 Å². The van der Waals surface area contributed by atoms with Gasteiger partial charge in [0.05, 0.1) is 11.8 Å². The van der Waals surface area contributed by atoms with Crippen LogP contribution < -0.4 is 11.1 Å². The van der Waals surface area contributed by atoms with Gasteiger partial charge in [0.25, 0.3) is 0 Å². The standard InChI is InChI=1S/C8H22N2O3Si/c1-6-8(9)10-7(2)14(11-3,12-4)13-5/h7-8,10H,6,9H2,1-5H3. The van der Waals surface area contributed by atoms with Crippen molar-refractivity contribution < 1.29 is 13.3 Å². The summed E-state index contributed by atoms with van der Waals surface area (Å²) in [5.74, 6) is 0. The maximum absolute atomic E-state index is 5.78. The van der Waals surface area contributed by atoms with Gasteiger partial charge in [-0.25, -0.2) is 0 Å². The third-order valence-corrected chi connectivity index (χ3v) is 5.22. The molecule has 0 saturated carbocycles. The smallest absolute Gasteiger partial charge is 0.376 e. The quantitative estimate of drug-likeness (QED) is 0.471. The van der Waals surface area contributed by atoms with Crippen molar-refractivity contribution >= 4 is 8.80 Å². The maximum Gasteiger partial charge on any atom is 0.517 e. The van der Waals surface area contributed by atoms with E-state index in [1.807, 2.05) is 13.8 Å². The lowest BCUT2D eigenvalue weighted by Gasteiger charge is -2.32. The van der Waals surface area contributed by atoms with Crippen molar-refractivity contribution in [1.29, 1.82) is 0 Å². The first-order valence-corrected chi connectivity index (χ1v) is 6.53. The number of nitrogens with two attached hydrogens (primary N) is 1. The van der Waals surface area contributed by atoms with Crippen LogP contribution in [-0.4, -0.2) is 42.0 Å². The second kappa shape index (κ2) is 6.49. The fourth-order valence-corrected chi connectivity index (χ4v) is 3.30. The summed E-state index contributed by atoms with van der Waals surface area (Å²) in [6, 6.07) is 0. The van der Waals surface area contributed by atoms with Crippen LogP contribution in [0.5, 0.6) is 0 Å². The molecule has 0 rings (SSSR count). The van der Waals surface area contributed by atoms with Crippen LogP contribution in [0.15, 0.2) is 0 Å². The van der Waals surface area contributed by atoms with Crippen LogP contribution >= 0.6 is 0 Å². The van der Waals surface area contributed by atoms with E-state index in [0.717, 1.165) is 6.42 Å². The zero-order chi connectivity index (χ0) is 11.2. The Morgan fingerprint density at radius 3 is 1.93 bits per heavy atom. The number of rotatable bonds is 7. The molecule has 0 bridgehead atoms. The highest BCUT2D eigenvalue weighted by atomic mass is 28.4. The van der Waals surface area contributed by atoms with Gasteiger partial charge < -0.3 is 19.0 Å². The van der Waals surface area contributed by atoms with Crippen LogP contribution in [0.3, 0.4) is 0 Å². The van der Waals surface area contributed by atoms with Crippen molar-refractivity contribution in [3.05, 3.63) is 0 Å². The van der Waals surface area contributed by atoms with Gasteiger partial charge in [0.2, 0.25) is 0 Å². The summed E-state index contributed by atoms with van der Waals surface area (Å²) in [5, 5.41) is 3.19. The minimum Gasteiger partial charge on any atom is -0.376 e. The van der Waals surface area contributed by atoms with E-state index in [1.165, 1.54) is 0 Å². The van der Waals surface area contributed by atoms with E-state index in [2.05, 4.69) is 5.32 Å². The predicted molar refractivity (Wildman–Crippen MR) is 57.6 cm³/mol. The molecule has 2 atom stereocenters. The molecule has 0 heterocycles. The summed E-state index contributed by atoms with van der Waals surface area (Å²) in [4.78, 5) is 0. The Morgan fingerprint density at radius 1 is 1.21 bits per heavy atom. The third kappa shape index (κ3) is 3.30. The molecule has 0 spiro atoms. The van der Waals surface area contributed by atoms with Crippen molar-refractivity contribution in [2.75, 3.05) is 21.3 Å². The number of nitrogens with one attached hydrogen (secondary N) is 1. The zero-order valence-corrected chi connectivity index (χ0v) is 10.7. The Labute approximate surface area is 87.3 Å². The van der Waals surface area contributed by atoms with Crippen molar-refractivity contribution in [1.82, 2.24) is 5.32 Å². The first-order valence-electron chi connectivity index (χ1n) is 4.73. The molecule has 0 amide bonds. The first kappa shape index (κ1) is 14.0. The minimum atomic E-state index is -2.59. The van der Waals surface area contributed by atoms with Gasteiger partial charge in [-0.2, -0.15) is 0 Å². The largest absolute Gasteiger partial charge is 0.517 e. The highest BCUT2D eigenvalue weighted by molar-refractivity contribution is 6.62. The lowest BCUT2D eigenvalue weighted by Crippen LogP contribution is -2.62. The average molecular weight is 222 g/mol. The Kier molecular flexibility index (Phi) is 6.50. The molecule has 5 nitrogen and oxygen atoms in total. The van der Waals surface area contributed by atoms with E-state index >= 15 is 0 Å². The van der Waals surface area contributed by atoms with Crippen LogP contribution in [0.1, 0.15) is 20.3 Å².